The van der Waals surface area contributed by atoms with E-state index in [-0.39, 0.29) is 0 Å². The summed E-state index contributed by atoms with van der Waals surface area (Å²) in [6.45, 7) is 5.35. The fourth-order valence-electron chi connectivity index (χ4n) is 2.44. The number of methoxy groups -OCH3 is 1. The summed E-state index contributed by atoms with van der Waals surface area (Å²) < 4.78 is 5.28. The summed E-state index contributed by atoms with van der Waals surface area (Å²) in [5.41, 5.74) is 1.17. The zero-order valence-corrected chi connectivity index (χ0v) is 11.8. The molecule has 1 aromatic rings. The van der Waals surface area contributed by atoms with E-state index in [0.29, 0.717) is 11.1 Å². The first-order chi connectivity index (χ1) is 8.74. The third kappa shape index (κ3) is 3.09. The average molecular weight is 269 g/mol. The van der Waals surface area contributed by atoms with Crippen LogP contribution >= 0.6 is 11.6 Å². The number of likely N-dealkylation sites (N-methyl/N-ethyl adjacent to an activating group) is 1. The Hall–Kier alpha value is -0.930. The first kappa shape index (κ1) is 13.5. The summed E-state index contributed by atoms with van der Waals surface area (Å²) in [5.74, 6) is 0.743. The highest BCUT2D eigenvalue weighted by Gasteiger charge is 2.18. The van der Waals surface area contributed by atoms with Crippen molar-refractivity contribution in [1.29, 1.82) is 0 Å². The number of hydrogen-bond donors (Lipinski definition) is 1. The van der Waals surface area contributed by atoms with Gasteiger partial charge in [0.05, 0.1) is 12.1 Å². The van der Waals surface area contributed by atoms with Gasteiger partial charge >= 0.3 is 0 Å². The van der Waals surface area contributed by atoms with Gasteiger partial charge in [-0.05, 0) is 38.4 Å². The van der Waals surface area contributed by atoms with E-state index < -0.39 is 0 Å². The molecule has 1 aliphatic rings. The number of nitrogens with one attached hydrogen (secondary N) is 1. The van der Waals surface area contributed by atoms with Crippen LogP contribution < -0.4 is 15.0 Å². The molecular formula is C14H21ClN2O. The molecule has 0 aromatic heterocycles. The van der Waals surface area contributed by atoms with Crippen LogP contribution in [0.2, 0.25) is 5.02 Å². The van der Waals surface area contributed by atoms with Crippen LogP contribution in [0.25, 0.3) is 0 Å². The topological polar surface area (TPSA) is 24.5 Å². The molecule has 1 N–H and O–H groups in total. The average Bonchev–Trinajstić information content (AvgIpc) is 2.89. The van der Waals surface area contributed by atoms with Gasteiger partial charge < -0.3 is 15.0 Å². The Kier molecular flexibility index (Phi) is 4.72. The molecule has 0 radical (unpaired) electrons. The zero-order valence-electron chi connectivity index (χ0n) is 11.1. The van der Waals surface area contributed by atoms with Gasteiger partial charge in [0.2, 0.25) is 0 Å². The van der Waals surface area contributed by atoms with Gasteiger partial charge in [-0.1, -0.05) is 11.6 Å². The molecule has 100 valence electrons. The number of halogens is 1. The molecule has 4 heteroatoms. The second kappa shape index (κ2) is 6.30. The molecule has 1 aliphatic heterocycles. The van der Waals surface area contributed by atoms with E-state index in [1.165, 1.54) is 18.5 Å². The van der Waals surface area contributed by atoms with Gasteiger partial charge in [0.25, 0.3) is 0 Å². The molecule has 2 rings (SSSR count). The van der Waals surface area contributed by atoms with Gasteiger partial charge in [0, 0.05) is 30.9 Å². The highest BCUT2D eigenvalue weighted by molar-refractivity contribution is 6.32. The lowest BCUT2D eigenvalue weighted by Crippen LogP contribution is -2.37. The molecule has 0 aliphatic carbocycles. The van der Waals surface area contributed by atoms with Crippen LogP contribution in [0.15, 0.2) is 18.2 Å². The number of nitrogens with zero attached hydrogens (tertiary/aromatic N) is 1. The van der Waals surface area contributed by atoms with Crippen molar-refractivity contribution in [2.45, 2.75) is 25.8 Å². The Morgan fingerprint density at radius 2 is 2.33 bits per heavy atom. The highest BCUT2D eigenvalue weighted by atomic mass is 35.5. The molecular weight excluding hydrogens is 248 g/mol. The van der Waals surface area contributed by atoms with Gasteiger partial charge in [0.15, 0.2) is 0 Å². The molecule has 0 spiro atoms. The molecule has 0 saturated carbocycles. The maximum Gasteiger partial charge on any atom is 0.139 e. The highest BCUT2D eigenvalue weighted by Crippen LogP contribution is 2.29. The molecule has 3 nitrogen and oxygen atoms in total. The van der Waals surface area contributed by atoms with E-state index >= 15 is 0 Å². The van der Waals surface area contributed by atoms with Crippen molar-refractivity contribution in [2.75, 3.05) is 31.6 Å². The van der Waals surface area contributed by atoms with E-state index in [9.17, 15) is 0 Å². The van der Waals surface area contributed by atoms with E-state index in [4.69, 9.17) is 16.3 Å². The van der Waals surface area contributed by atoms with E-state index in [2.05, 4.69) is 23.2 Å². The standard InChI is InChI=1S/C14H21ClN2O/c1-3-17(10-11-5-4-8-16-11)12-6-7-13(15)14(9-12)18-2/h6-7,9,11,16H,3-5,8,10H2,1-2H3. The van der Waals surface area contributed by atoms with E-state index in [0.717, 1.165) is 25.4 Å². The second-order valence-corrected chi connectivity index (χ2v) is 5.06. The Balaban J connectivity index is 2.10. The minimum Gasteiger partial charge on any atom is -0.495 e. The number of rotatable bonds is 5. The maximum atomic E-state index is 6.06. The van der Waals surface area contributed by atoms with Gasteiger partial charge in [-0.2, -0.15) is 0 Å². The van der Waals surface area contributed by atoms with Gasteiger partial charge in [-0.25, -0.2) is 0 Å². The first-order valence-electron chi connectivity index (χ1n) is 6.56. The van der Waals surface area contributed by atoms with Crippen LogP contribution in [0.4, 0.5) is 5.69 Å². The van der Waals surface area contributed by atoms with Crippen LogP contribution in [-0.4, -0.2) is 32.8 Å². The first-order valence-corrected chi connectivity index (χ1v) is 6.94. The SMILES string of the molecule is CCN(CC1CCCN1)c1ccc(Cl)c(OC)c1. The normalized spacial score (nSPS) is 18.9. The number of benzene rings is 1. The Morgan fingerprint density at radius 3 is 2.94 bits per heavy atom. The predicted molar refractivity (Wildman–Crippen MR) is 76.9 cm³/mol. The monoisotopic (exact) mass is 268 g/mol. The lowest BCUT2D eigenvalue weighted by molar-refractivity contribution is 0.415. The summed E-state index contributed by atoms with van der Waals surface area (Å²) >= 11 is 6.06. The Morgan fingerprint density at radius 1 is 1.50 bits per heavy atom. The van der Waals surface area contributed by atoms with Crippen LogP contribution in [0.3, 0.4) is 0 Å². The molecule has 1 aromatic carbocycles. The van der Waals surface area contributed by atoms with Crippen molar-refractivity contribution in [3.8, 4) is 5.75 Å². The zero-order chi connectivity index (χ0) is 13.0. The molecule has 1 fully saturated rings. The van der Waals surface area contributed by atoms with Gasteiger partial charge in [0.1, 0.15) is 5.75 Å². The summed E-state index contributed by atoms with van der Waals surface area (Å²) in [6, 6.07) is 6.58. The summed E-state index contributed by atoms with van der Waals surface area (Å²) in [5, 5.41) is 4.20. The smallest absolute Gasteiger partial charge is 0.139 e. The minimum atomic E-state index is 0.603. The van der Waals surface area contributed by atoms with Crippen molar-refractivity contribution in [1.82, 2.24) is 5.32 Å². The molecule has 18 heavy (non-hydrogen) atoms. The van der Waals surface area contributed by atoms with Crippen molar-refractivity contribution in [2.24, 2.45) is 0 Å². The summed E-state index contributed by atoms with van der Waals surface area (Å²) in [6.07, 6.45) is 2.55. The van der Waals surface area contributed by atoms with E-state index in [1.807, 2.05) is 12.1 Å². The summed E-state index contributed by atoms with van der Waals surface area (Å²) in [4.78, 5) is 2.36. The number of ether oxygens (including phenoxy) is 1. The fourth-order valence-corrected chi connectivity index (χ4v) is 2.64. The molecule has 1 atom stereocenters. The predicted octanol–water partition coefficient (Wildman–Crippen LogP) is 2.93. The molecule has 1 heterocycles. The molecule has 1 saturated heterocycles. The Labute approximate surface area is 114 Å². The lowest BCUT2D eigenvalue weighted by atomic mass is 10.2. The number of anilines is 1. The van der Waals surface area contributed by atoms with Crippen molar-refractivity contribution in [3.05, 3.63) is 23.2 Å². The number of hydrogen-bond acceptors (Lipinski definition) is 3. The maximum absolute atomic E-state index is 6.06. The van der Waals surface area contributed by atoms with E-state index in [1.54, 1.807) is 7.11 Å². The van der Waals surface area contributed by atoms with Crippen molar-refractivity contribution < 1.29 is 4.74 Å². The third-order valence-corrected chi connectivity index (χ3v) is 3.80. The minimum absolute atomic E-state index is 0.603. The van der Waals surface area contributed by atoms with Crippen LogP contribution in [0.1, 0.15) is 19.8 Å². The Bertz CT molecular complexity index is 391. The van der Waals surface area contributed by atoms with Crippen LogP contribution in [0.5, 0.6) is 5.75 Å². The van der Waals surface area contributed by atoms with Gasteiger partial charge in [-0.3, -0.25) is 0 Å². The molecule has 0 amide bonds. The summed E-state index contributed by atoms with van der Waals surface area (Å²) in [7, 11) is 1.65. The second-order valence-electron chi connectivity index (χ2n) is 4.65. The van der Waals surface area contributed by atoms with Crippen molar-refractivity contribution >= 4 is 17.3 Å². The van der Waals surface area contributed by atoms with Crippen molar-refractivity contribution in [3.63, 3.8) is 0 Å². The van der Waals surface area contributed by atoms with Gasteiger partial charge in [-0.15, -0.1) is 0 Å². The third-order valence-electron chi connectivity index (χ3n) is 3.48. The molecule has 1 unspecified atom stereocenters. The quantitative estimate of drug-likeness (QED) is 0.889. The largest absolute Gasteiger partial charge is 0.495 e. The lowest BCUT2D eigenvalue weighted by Gasteiger charge is -2.27. The fraction of sp³-hybridized carbons (Fsp3) is 0.571. The van der Waals surface area contributed by atoms with Crippen LogP contribution in [0, 0.1) is 0 Å². The molecule has 0 bridgehead atoms. The van der Waals surface area contributed by atoms with Crippen LogP contribution in [-0.2, 0) is 0 Å².